The average molecular weight is 254 g/mol. The number of thiazole rings is 1. The molecule has 1 fully saturated rings. The molecule has 96 valence electrons. The largest absolute Gasteiger partial charge is 0.378 e. The van der Waals surface area contributed by atoms with Gasteiger partial charge in [0.25, 0.3) is 0 Å². The van der Waals surface area contributed by atoms with E-state index < -0.39 is 0 Å². The van der Waals surface area contributed by atoms with Gasteiger partial charge in [0.15, 0.2) is 0 Å². The predicted octanol–water partition coefficient (Wildman–Crippen LogP) is 2.48. The van der Waals surface area contributed by atoms with Gasteiger partial charge in [-0.3, -0.25) is 0 Å². The zero-order valence-corrected chi connectivity index (χ0v) is 11.5. The number of hydrogen-bond acceptors (Lipinski definition) is 4. The molecule has 0 bridgehead atoms. The average Bonchev–Trinajstić information content (AvgIpc) is 2.82. The minimum atomic E-state index is 0.432. The van der Waals surface area contributed by atoms with Crippen molar-refractivity contribution in [2.45, 2.75) is 45.3 Å². The minimum absolute atomic E-state index is 0.432. The van der Waals surface area contributed by atoms with Crippen molar-refractivity contribution >= 4 is 11.3 Å². The fourth-order valence-electron chi connectivity index (χ4n) is 2.24. The topological polar surface area (TPSA) is 34.2 Å². The van der Waals surface area contributed by atoms with Gasteiger partial charge in [-0.25, -0.2) is 4.98 Å². The van der Waals surface area contributed by atoms with E-state index in [2.05, 4.69) is 24.1 Å². The molecule has 1 N–H and O–H groups in total. The van der Waals surface area contributed by atoms with Crippen LogP contribution in [0.4, 0.5) is 0 Å². The maximum Gasteiger partial charge on any atom is 0.0937 e. The summed E-state index contributed by atoms with van der Waals surface area (Å²) < 4.78 is 5.77. The van der Waals surface area contributed by atoms with E-state index in [4.69, 9.17) is 4.74 Å². The van der Waals surface area contributed by atoms with E-state index in [1.807, 2.05) is 11.6 Å². The number of rotatable bonds is 5. The lowest BCUT2D eigenvalue weighted by Crippen LogP contribution is -2.41. The van der Waals surface area contributed by atoms with Crippen LogP contribution in [0.5, 0.6) is 0 Å². The lowest BCUT2D eigenvalue weighted by Gasteiger charge is -2.32. The maximum absolute atomic E-state index is 5.77. The Bertz CT molecular complexity index is 313. The summed E-state index contributed by atoms with van der Waals surface area (Å²) in [5.41, 5.74) is 0. The molecule has 2 rings (SSSR count). The van der Waals surface area contributed by atoms with Crippen LogP contribution < -0.4 is 5.32 Å². The van der Waals surface area contributed by atoms with Gasteiger partial charge in [0.1, 0.15) is 0 Å². The normalized spacial score (nSPS) is 25.4. The van der Waals surface area contributed by atoms with Crippen LogP contribution in [0, 0.1) is 5.92 Å². The Kier molecular flexibility index (Phi) is 4.95. The Morgan fingerprint density at radius 2 is 2.47 bits per heavy atom. The third kappa shape index (κ3) is 4.05. The van der Waals surface area contributed by atoms with E-state index in [1.165, 1.54) is 5.01 Å². The van der Waals surface area contributed by atoms with Crippen molar-refractivity contribution < 1.29 is 4.74 Å². The van der Waals surface area contributed by atoms with Crippen molar-refractivity contribution in [3.8, 4) is 0 Å². The maximum atomic E-state index is 5.77. The molecule has 0 aromatic carbocycles. The summed E-state index contributed by atoms with van der Waals surface area (Å²) >= 11 is 1.74. The van der Waals surface area contributed by atoms with E-state index in [0.29, 0.717) is 18.1 Å². The van der Waals surface area contributed by atoms with Crippen LogP contribution in [0.2, 0.25) is 0 Å². The number of ether oxygens (including phenoxy) is 1. The van der Waals surface area contributed by atoms with Crippen molar-refractivity contribution in [2.75, 3.05) is 13.2 Å². The summed E-state index contributed by atoms with van der Waals surface area (Å²) in [5, 5.41) is 6.90. The lowest BCUT2D eigenvalue weighted by molar-refractivity contribution is -0.0241. The van der Waals surface area contributed by atoms with Gasteiger partial charge >= 0.3 is 0 Å². The van der Waals surface area contributed by atoms with Gasteiger partial charge < -0.3 is 10.1 Å². The molecule has 3 nitrogen and oxygen atoms in total. The molecule has 1 aromatic rings. The molecule has 0 radical (unpaired) electrons. The zero-order valence-electron chi connectivity index (χ0n) is 10.7. The number of nitrogens with zero attached hydrogens (tertiary/aromatic N) is 1. The molecule has 0 aliphatic carbocycles. The van der Waals surface area contributed by atoms with Crippen molar-refractivity contribution in [3.05, 3.63) is 16.6 Å². The third-order valence-electron chi connectivity index (χ3n) is 3.31. The molecule has 1 aliphatic heterocycles. The van der Waals surface area contributed by atoms with Crippen molar-refractivity contribution in [1.82, 2.24) is 10.3 Å². The van der Waals surface area contributed by atoms with Crippen LogP contribution in [-0.4, -0.2) is 30.3 Å². The number of nitrogens with one attached hydrogen (secondary N) is 1. The second-order valence-corrected chi connectivity index (χ2v) is 5.98. The highest BCUT2D eigenvalue weighted by atomic mass is 32.1. The van der Waals surface area contributed by atoms with Crippen LogP contribution in [0.15, 0.2) is 11.6 Å². The van der Waals surface area contributed by atoms with E-state index in [9.17, 15) is 0 Å². The van der Waals surface area contributed by atoms with Crippen LogP contribution in [0.1, 0.15) is 31.7 Å². The Labute approximate surface area is 108 Å². The van der Waals surface area contributed by atoms with Crippen LogP contribution in [-0.2, 0) is 11.2 Å². The fraction of sp³-hybridized carbons (Fsp3) is 0.769. The zero-order chi connectivity index (χ0) is 12.1. The highest BCUT2D eigenvalue weighted by Crippen LogP contribution is 2.20. The molecule has 1 aliphatic rings. The number of hydrogen-bond donors (Lipinski definition) is 1. The summed E-state index contributed by atoms with van der Waals surface area (Å²) in [6, 6.07) is 0.621. The van der Waals surface area contributed by atoms with Crippen molar-refractivity contribution in [2.24, 2.45) is 5.92 Å². The Morgan fingerprint density at radius 1 is 1.59 bits per heavy atom. The van der Waals surface area contributed by atoms with Gasteiger partial charge in [-0.05, 0) is 18.8 Å². The third-order valence-corrected chi connectivity index (χ3v) is 4.15. The second-order valence-electron chi connectivity index (χ2n) is 5.00. The smallest absolute Gasteiger partial charge is 0.0937 e. The summed E-state index contributed by atoms with van der Waals surface area (Å²) in [5.74, 6) is 0.624. The van der Waals surface area contributed by atoms with Crippen LogP contribution in [0.3, 0.4) is 0 Å². The Balaban J connectivity index is 1.68. The van der Waals surface area contributed by atoms with Crippen LogP contribution >= 0.6 is 11.3 Å². The molecule has 1 saturated heterocycles. The second kappa shape index (κ2) is 6.47. The quantitative estimate of drug-likeness (QED) is 0.876. The molecular formula is C13H22N2OS. The monoisotopic (exact) mass is 254 g/mol. The first-order valence-electron chi connectivity index (χ1n) is 6.49. The van der Waals surface area contributed by atoms with E-state index in [0.717, 1.165) is 32.4 Å². The molecule has 0 saturated carbocycles. The van der Waals surface area contributed by atoms with E-state index >= 15 is 0 Å². The van der Waals surface area contributed by atoms with Gasteiger partial charge in [-0.1, -0.05) is 13.8 Å². The summed E-state index contributed by atoms with van der Waals surface area (Å²) in [6.07, 6.45) is 5.64. The molecule has 2 atom stereocenters. The molecule has 4 heteroatoms. The first-order chi connectivity index (χ1) is 8.25. The standard InChI is InChI=1S/C13H22N2OS/c1-10(2)12-9-11(4-7-16-12)14-5-3-13-15-6-8-17-13/h6,8,10-12,14H,3-5,7,9H2,1-2H3. The summed E-state index contributed by atoms with van der Waals surface area (Å²) in [4.78, 5) is 4.30. The first-order valence-corrected chi connectivity index (χ1v) is 7.37. The van der Waals surface area contributed by atoms with Crippen LogP contribution in [0.25, 0.3) is 0 Å². The van der Waals surface area contributed by atoms with Gasteiger partial charge in [0, 0.05) is 37.2 Å². The van der Waals surface area contributed by atoms with Gasteiger partial charge in [-0.2, -0.15) is 0 Å². The number of aromatic nitrogens is 1. The van der Waals surface area contributed by atoms with Crippen molar-refractivity contribution in [3.63, 3.8) is 0 Å². The lowest BCUT2D eigenvalue weighted by atomic mass is 9.95. The molecule has 2 unspecified atom stereocenters. The summed E-state index contributed by atoms with van der Waals surface area (Å²) in [6.45, 7) is 6.41. The van der Waals surface area contributed by atoms with Gasteiger partial charge in [0.05, 0.1) is 11.1 Å². The molecule has 2 heterocycles. The van der Waals surface area contributed by atoms with E-state index in [-0.39, 0.29) is 0 Å². The highest BCUT2D eigenvalue weighted by Gasteiger charge is 2.24. The predicted molar refractivity (Wildman–Crippen MR) is 71.4 cm³/mol. The molecular weight excluding hydrogens is 232 g/mol. The molecule has 1 aromatic heterocycles. The Morgan fingerprint density at radius 3 is 3.18 bits per heavy atom. The minimum Gasteiger partial charge on any atom is -0.378 e. The van der Waals surface area contributed by atoms with Crippen molar-refractivity contribution in [1.29, 1.82) is 0 Å². The highest BCUT2D eigenvalue weighted by molar-refractivity contribution is 7.09. The fourth-order valence-corrected chi connectivity index (χ4v) is 2.86. The molecule has 17 heavy (non-hydrogen) atoms. The SMILES string of the molecule is CC(C)C1CC(NCCc2nccs2)CCO1. The van der Waals surface area contributed by atoms with Gasteiger partial charge in [0.2, 0.25) is 0 Å². The summed E-state index contributed by atoms with van der Waals surface area (Å²) in [7, 11) is 0. The molecule has 0 amide bonds. The Hall–Kier alpha value is -0.450. The first kappa shape index (κ1) is 13.0. The van der Waals surface area contributed by atoms with Gasteiger partial charge in [-0.15, -0.1) is 11.3 Å². The molecule has 0 spiro atoms. The van der Waals surface area contributed by atoms with E-state index in [1.54, 1.807) is 11.3 Å².